The average molecular weight is 460 g/mol. The summed E-state index contributed by atoms with van der Waals surface area (Å²) in [5.41, 5.74) is 2.00. The summed E-state index contributed by atoms with van der Waals surface area (Å²) in [5.74, 6) is 1.94. The van der Waals surface area contributed by atoms with Crippen LogP contribution in [0.1, 0.15) is 11.1 Å². The number of likely N-dealkylation sites (N-methyl/N-ethyl adjacent to an activating group) is 1. The second-order valence-corrected chi connectivity index (χ2v) is 8.45. The Labute approximate surface area is 192 Å². The lowest BCUT2D eigenvalue weighted by Crippen LogP contribution is -2.22. The van der Waals surface area contributed by atoms with Crippen LogP contribution in [0.25, 0.3) is 6.08 Å². The summed E-state index contributed by atoms with van der Waals surface area (Å²) in [5, 5.41) is 0. The molecule has 8 heteroatoms. The van der Waals surface area contributed by atoms with E-state index >= 15 is 0 Å². The van der Waals surface area contributed by atoms with Crippen molar-refractivity contribution in [2.24, 2.45) is 0 Å². The van der Waals surface area contributed by atoms with Crippen molar-refractivity contribution in [3.8, 4) is 17.2 Å². The summed E-state index contributed by atoms with van der Waals surface area (Å²) < 4.78 is 23.0. The summed E-state index contributed by atoms with van der Waals surface area (Å²) >= 11 is 6.45. The van der Waals surface area contributed by atoms with Crippen molar-refractivity contribution >= 4 is 40.3 Å². The number of thioether (sulfide) groups is 1. The molecule has 1 heterocycles. The van der Waals surface area contributed by atoms with Crippen LogP contribution < -0.4 is 14.2 Å². The van der Waals surface area contributed by atoms with Gasteiger partial charge in [0.1, 0.15) is 23.3 Å². The van der Waals surface area contributed by atoms with Gasteiger partial charge < -0.3 is 18.9 Å². The summed E-state index contributed by atoms with van der Waals surface area (Å²) in [6.45, 7) is 3.80. The Morgan fingerprint density at radius 2 is 1.81 bits per heavy atom. The minimum Gasteiger partial charge on any atom is -0.493 e. The molecule has 6 nitrogen and oxygen atoms in total. The smallest absolute Gasteiger partial charge is 0.265 e. The van der Waals surface area contributed by atoms with E-state index in [0.717, 1.165) is 16.9 Å². The standard InChI is InChI=1S/C23H25NO5S2/c1-16-5-4-6-18(13-16)28-11-9-27-10-12-29-19-8-7-17(14-20(19)26-3)15-21-22(25)24(2)23(30)31-21/h4-8,13-15H,9-12H2,1-3H3. The molecule has 1 fully saturated rings. The van der Waals surface area contributed by atoms with Crippen molar-refractivity contribution in [3.63, 3.8) is 0 Å². The zero-order chi connectivity index (χ0) is 22.2. The first kappa shape index (κ1) is 23.1. The summed E-state index contributed by atoms with van der Waals surface area (Å²) in [4.78, 5) is 14.2. The highest BCUT2D eigenvalue weighted by Crippen LogP contribution is 2.34. The highest BCUT2D eigenvalue weighted by Gasteiger charge is 2.28. The van der Waals surface area contributed by atoms with Gasteiger partial charge in [0.15, 0.2) is 11.5 Å². The number of methoxy groups -OCH3 is 1. The average Bonchev–Trinajstić information content (AvgIpc) is 3.00. The second-order valence-electron chi connectivity index (χ2n) is 6.78. The number of amides is 1. The Morgan fingerprint density at radius 3 is 2.48 bits per heavy atom. The zero-order valence-electron chi connectivity index (χ0n) is 17.8. The molecule has 1 aliphatic heterocycles. The van der Waals surface area contributed by atoms with Crippen molar-refractivity contribution in [3.05, 3.63) is 58.5 Å². The number of carbonyl (C=O) groups is 1. The van der Waals surface area contributed by atoms with Gasteiger partial charge in [0.05, 0.1) is 25.2 Å². The lowest BCUT2D eigenvalue weighted by molar-refractivity contribution is -0.121. The van der Waals surface area contributed by atoms with Crippen LogP contribution in [-0.2, 0) is 9.53 Å². The number of hydrogen-bond acceptors (Lipinski definition) is 7. The molecule has 0 aliphatic carbocycles. The molecule has 0 unspecified atom stereocenters. The van der Waals surface area contributed by atoms with Crippen molar-refractivity contribution in [1.29, 1.82) is 0 Å². The topological polar surface area (TPSA) is 57.2 Å². The molecule has 31 heavy (non-hydrogen) atoms. The van der Waals surface area contributed by atoms with Crippen LogP contribution in [0.15, 0.2) is 47.4 Å². The number of ether oxygens (including phenoxy) is 4. The third-order valence-electron chi connectivity index (χ3n) is 4.44. The maximum atomic E-state index is 12.2. The van der Waals surface area contributed by atoms with E-state index in [1.165, 1.54) is 16.7 Å². The highest BCUT2D eigenvalue weighted by atomic mass is 32.2. The molecule has 0 aromatic heterocycles. The van der Waals surface area contributed by atoms with Crippen molar-refractivity contribution in [2.45, 2.75) is 6.92 Å². The number of rotatable bonds is 10. The molecule has 0 atom stereocenters. The fraction of sp³-hybridized carbons (Fsp3) is 0.304. The Bertz CT molecular complexity index is 976. The molecule has 1 saturated heterocycles. The Kier molecular flexibility index (Phi) is 8.34. The fourth-order valence-electron chi connectivity index (χ4n) is 2.83. The predicted molar refractivity (Wildman–Crippen MR) is 127 cm³/mol. The second kappa shape index (κ2) is 11.2. The van der Waals surface area contributed by atoms with Crippen LogP contribution in [0, 0.1) is 6.92 Å². The number of nitrogens with zero attached hydrogens (tertiary/aromatic N) is 1. The Balaban J connectivity index is 1.44. The first-order valence-electron chi connectivity index (χ1n) is 9.77. The third-order valence-corrected chi connectivity index (χ3v) is 5.93. The molecule has 1 amide bonds. The van der Waals surface area contributed by atoms with Gasteiger partial charge in [-0.3, -0.25) is 9.69 Å². The van der Waals surface area contributed by atoms with E-state index in [-0.39, 0.29) is 5.91 Å². The highest BCUT2D eigenvalue weighted by molar-refractivity contribution is 8.26. The van der Waals surface area contributed by atoms with E-state index in [4.69, 9.17) is 31.2 Å². The van der Waals surface area contributed by atoms with E-state index < -0.39 is 0 Å². The van der Waals surface area contributed by atoms with Gasteiger partial charge in [-0.15, -0.1) is 0 Å². The molecule has 0 radical (unpaired) electrons. The molecule has 0 N–H and O–H groups in total. The minimum absolute atomic E-state index is 0.0992. The fourth-order valence-corrected chi connectivity index (χ4v) is 4.01. The van der Waals surface area contributed by atoms with E-state index in [0.29, 0.717) is 47.2 Å². The lowest BCUT2D eigenvalue weighted by Gasteiger charge is -2.12. The summed E-state index contributed by atoms with van der Waals surface area (Å²) in [6.07, 6.45) is 1.80. The van der Waals surface area contributed by atoms with Gasteiger partial charge >= 0.3 is 0 Å². The van der Waals surface area contributed by atoms with Crippen LogP contribution in [0.2, 0.25) is 0 Å². The molecule has 0 saturated carbocycles. The van der Waals surface area contributed by atoms with Gasteiger partial charge in [-0.05, 0) is 48.4 Å². The number of aryl methyl sites for hydroxylation is 1. The maximum absolute atomic E-state index is 12.2. The first-order valence-corrected chi connectivity index (χ1v) is 11.0. The zero-order valence-corrected chi connectivity index (χ0v) is 19.4. The molecular weight excluding hydrogens is 434 g/mol. The summed E-state index contributed by atoms with van der Waals surface area (Å²) in [6, 6.07) is 13.4. The quantitative estimate of drug-likeness (QED) is 0.298. The molecule has 3 rings (SSSR count). The van der Waals surface area contributed by atoms with Crippen LogP contribution in [-0.4, -0.2) is 55.7 Å². The van der Waals surface area contributed by atoms with E-state index in [9.17, 15) is 4.79 Å². The van der Waals surface area contributed by atoms with Crippen molar-refractivity contribution in [2.75, 3.05) is 40.6 Å². The normalized spacial score (nSPS) is 14.9. The molecule has 1 aliphatic rings. The molecule has 0 spiro atoms. The number of hydrogen-bond donors (Lipinski definition) is 0. The molecule has 2 aromatic rings. The van der Waals surface area contributed by atoms with E-state index in [1.54, 1.807) is 20.2 Å². The van der Waals surface area contributed by atoms with Crippen LogP contribution in [0.5, 0.6) is 17.2 Å². The summed E-state index contributed by atoms with van der Waals surface area (Å²) in [7, 11) is 3.25. The Morgan fingerprint density at radius 1 is 1.03 bits per heavy atom. The maximum Gasteiger partial charge on any atom is 0.265 e. The van der Waals surface area contributed by atoms with Gasteiger partial charge in [0.2, 0.25) is 0 Å². The number of thiocarbonyl (C=S) groups is 1. The van der Waals surface area contributed by atoms with E-state index in [2.05, 4.69) is 0 Å². The number of benzene rings is 2. The van der Waals surface area contributed by atoms with Gasteiger partial charge in [-0.25, -0.2) is 0 Å². The Hall–Kier alpha value is -2.55. The van der Waals surface area contributed by atoms with Gasteiger partial charge in [0, 0.05) is 7.05 Å². The van der Waals surface area contributed by atoms with Crippen LogP contribution >= 0.6 is 24.0 Å². The minimum atomic E-state index is -0.0992. The van der Waals surface area contributed by atoms with Crippen LogP contribution in [0.3, 0.4) is 0 Å². The third kappa shape index (κ3) is 6.46. The van der Waals surface area contributed by atoms with Crippen LogP contribution in [0.4, 0.5) is 0 Å². The van der Waals surface area contributed by atoms with E-state index in [1.807, 2.05) is 49.4 Å². The predicted octanol–water partition coefficient (Wildman–Crippen LogP) is 4.31. The van der Waals surface area contributed by atoms with Gasteiger partial charge in [-0.1, -0.05) is 42.2 Å². The molecule has 2 aromatic carbocycles. The molecule has 164 valence electrons. The SMILES string of the molecule is COc1cc(C=C2SC(=S)N(C)C2=O)ccc1OCCOCCOc1cccc(C)c1. The first-order chi connectivity index (χ1) is 15.0. The lowest BCUT2D eigenvalue weighted by atomic mass is 10.2. The molecular formula is C23H25NO5S2. The van der Waals surface area contributed by atoms with Crippen molar-refractivity contribution in [1.82, 2.24) is 4.90 Å². The van der Waals surface area contributed by atoms with Gasteiger partial charge in [0.25, 0.3) is 5.91 Å². The monoisotopic (exact) mass is 459 g/mol. The molecule has 0 bridgehead atoms. The largest absolute Gasteiger partial charge is 0.493 e. The van der Waals surface area contributed by atoms with Crippen molar-refractivity contribution < 1.29 is 23.7 Å². The van der Waals surface area contributed by atoms with Gasteiger partial charge in [-0.2, -0.15) is 0 Å². The number of carbonyl (C=O) groups excluding carboxylic acids is 1.